The second kappa shape index (κ2) is 4.94. The number of hydrogen-bond donors (Lipinski definition) is 0. The van der Waals surface area contributed by atoms with Gasteiger partial charge >= 0.3 is 0 Å². The lowest BCUT2D eigenvalue weighted by Gasteiger charge is -2.07. The van der Waals surface area contributed by atoms with Crippen LogP contribution >= 0.6 is 11.6 Å². The van der Waals surface area contributed by atoms with E-state index in [-0.39, 0.29) is 16.7 Å². The second-order valence-electron chi connectivity index (χ2n) is 4.33. The van der Waals surface area contributed by atoms with Crippen molar-refractivity contribution in [1.82, 2.24) is 0 Å². The van der Waals surface area contributed by atoms with Crippen molar-refractivity contribution < 1.29 is 9.76 Å². The average molecular weight is 269 g/mol. The molecule has 1 atom stereocenters. The Bertz CT molecular complexity index is 528. The summed E-state index contributed by atoms with van der Waals surface area (Å²) in [7, 11) is 0. The molecule has 0 radical (unpaired) electrons. The minimum Gasteiger partial charge on any atom is -0.391 e. The second-order valence-corrected chi connectivity index (χ2v) is 4.64. The van der Waals surface area contributed by atoms with E-state index in [4.69, 9.17) is 16.4 Å². The maximum absolute atomic E-state index is 10.8. The van der Waals surface area contributed by atoms with E-state index in [2.05, 4.69) is 5.16 Å². The Kier molecular flexibility index (Phi) is 3.52. The van der Waals surface area contributed by atoms with Gasteiger partial charge in [0.2, 0.25) is 0 Å². The van der Waals surface area contributed by atoms with Crippen molar-refractivity contribution in [2.45, 2.75) is 26.4 Å². The Morgan fingerprint density at radius 3 is 2.78 bits per heavy atom. The predicted molar refractivity (Wildman–Crippen MR) is 69.3 cm³/mol. The molecular weight excluding hydrogens is 256 g/mol. The van der Waals surface area contributed by atoms with Crippen molar-refractivity contribution in [2.24, 2.45) is 5.16 Å². The van der Waals surface area contributed by atoms with Gasteiger partial charge in [-0.1, -0.05) is 5.16 Å². The molecule has 1 aliphatic rings. The molecule has 96 valence electrons. The maximum atomic E-state index is 10.8. The summed E-state index contributed by atoms with van der Waals surface area (Å²) in [6.07, 6.45) is 0.540. The van der Waals surface area contributed by atoms with E-state index in [0.717, 1.165) is 16.8 Å². The lowest BCUT2D eigenvalue weighted by molar-refractivity contribution is -0.385. The van der Waals surface area contributed by atoms with Crippen LogP contribution in [0.1, 0.15) is 23.1 Å². The molecule has 0 aromatic heterocycles. The number of benzene rings is 1. The quantitative estimate of drug-likeness (QED) is 0.481. The fraction of sp³-hybridized carbons (Fsp3) is 0.417. The molecule has 0 bridgehead atoms. The van der Waals surface area contributed by atoms with Gasteiger partial charge in [-0.15, -0.1) is 11.6 Å². The standard InChI is InChI=1S/C12H13ClN2O3/c1-7-4-12(15(16)17)8(2)3-10(7)11-5-9(6-13)18-14-11/h3-4,9H,5-6H2,1-2H3. The highest BCUT2D eigenvalue weighted by molar-refractivity contribution is 6.18. The summed E-state index contributed by atoms with van der Waals surface area (Å²) < 4.78 is 0. The first-order valence-electron chi connectivity index (χ1n) is 5.57. The maximum Gasteiger partial charge on any atom is 0.272 e. The van der Waals surface area contributed by atoms with Crippen molar-refractivity contribution in [3.8, 4) is 0 Å². The van der Waals surface area contributed by atoms with Gasteiger partial charge in [-0.3, -0.25) is 10.1 Å². The van der Waals surface area contributed by atoms with Crippen LogP contribution in [-0.4, -0.2) is 22.6 Å². The van der Waals surface area contributed by atoms with E-state index >= 15 is 0 Å². The summed E-state index contributed by atoms with van der Waals surface area (Å²) >= 11 is 5.71. The molecule has 0 aliphatic carbocycles. The van der Waals surface area contributed by atoms with Crippen LogP contribution in [0.5, 0.6) is 0 Å². The van der Waals surface area contributed by atoms with E-state index < -0.39 is 0 Å². The summed E-state index contributed by atoms with van der Waals surface area (Å²) in [6, 6.07) is 3.35. The van der Waals surface area contributed by atoms with Crippen LogP contribution < -0.4 is 0 Å². The summed E-state index contributed by atoms with van der Waals surface area (Å²) in [5.74, 6) is 0.387. The molecule has 0 spiro atoms. The fourth-order valence-corrected chi connectivity index (χ4v) is 2.14. The number of alkyl halides is 1. The van der Waals surface area contributed by atoms with Crippen LogP contribution in [0.15, 0.2) is 17.3 Å². The van der Waals surface area contributed by atoms with Crippen molar-refractivity contribution in [2.75, 3.05) is 5.88 Å². The first-order chi connectivity index (χ1) is 8.52. The molecule has 5 nitrogen and oxygen atoms in total. The summed E-state index contributed by atoms with van der Waals surface area (Å²) in [5.41, 5.74) is 3.27. The molecule has 1 aromatic rings. The van der Waals surface area contributed by atoms with Crippen molar-refractivity contribution >= 4 is 23.0 Å². The number of oxime groups is 1. The molecule has 1 aromatic carbocycles. The molecule has 0 fully saturated rings. The van der Waals surface area contributed by atoms with Gasteiger partial charge in [0.25, 0.3) is 5.69 Å². The van der Waals surface area contributed by atoms with Gasteiger partial charge in [0.05, 0.1) is 16.5 Å². The lowest BCUT2D eigenvalue weighted by atomic mass is 9.97. The fourth-order valence-electron chi connectivity index (χ4n) is 1.98. The highest BCUT2D eigenvalue weighted by Gasteiger charge is 2.24. The number of nitro groups is 1. The molecule has 18 heavy (non-hydrogen) atoms. The van der Waals surface area contributed by atoms with Crippen LogP contribution in [0.3, 0.4) is 0 Å². The first kappa shape index (κ1) is 12.8. The predicted octanol–water partition coefficient (Wildman–Crippen LogP) is 2.94. The van der Waals surface area contributed by atoms with Gasteiger partial charge in [-0.2, -0.15) is 0 Å². The number of rotatable bonds is 3. The zero-order valence-electron chi connectivity index (χ0n) is 10.1. The monoisotopic (exact) mass is 268 g/mol. The molecule has 6 heteroatoms. The Balaban J connectivity index is 2.36. The van der Waals surface area contributed by atoms with E-state index in [1.165, 1.54) is 0 Å². The molecule has 0 N–H and O–H groups in total. The average Bonchev–Trinajstić information content (AvgIpc) is 2.79. The van der Waals surface area contributed by atoms with Gasteiger partial charge in [0, 0.05) is 23.6 Å². The largest absolute Gasteiger partial charge is 0.391 e. The third-order valence-electron chi connectivity index (χ3n) is 2.96. The Labute approximate surface area is 110 Å². The van der Waals surface area contributed by atoms with Crippen LogP contribution in [0.25, 0.3) is 0 Å². The van der Waals surface area contributed by atoms with Crippen molar-refractivity contribution in [3.05, 3.63) is 38.9 Å². The summed E-state index contributed by atoms with van der Waals surface area (Å²) in [5, 5.41) is 14.8. The number of aryl methyl sites for hydroxylation is 2. The smallest absolute Gasteiger partial charge is 0.272 e. The van der Waals surface area contributed by atoms with Gasteiger partial charge in [-0.05, 0) is 25.5 Å². The first-order valence-corrected chi connectivity index (χ1v) is 6.11. The Morgan fingerprint density at radius 1 is 1.50 bits per heavy atom. The van der Waals surface area contributed by atoms with Gasteiger partial charge < -0.3 is 4.84 Å². The van der Waals surface area contributed by atoms with Gasteiger partial charge in [0.15, 0.2) is 0 Å². The zero-order valence-corrected chi connectivity index (χ0v) is 10.9. The number of nitrogens with zero attached hydrogens (tertiary/aromatic N) is 2. The Hall–Kier alpha value is -1.62. The topological polar surface area (TPSA) is 64.7 Å². The lowest BCUT2D eigenvalue weighted by Crippen LogP contribution is -2.10. The van der Waals surface area contributed by atoms with Gasteiger partial charge in [0.1, 0.15) is 6.10 Å². The highest BCUT2D eigenvalue weighted by Crippen LogP contribution is 2.26. The normalized spacial score (nSPS) is 18.4. The highest BCUT2D eigenvalue weighted by atomic mass is 35.5. The Morgan fingerprint density at radius 2 is 2.22 bits per heavy atom. The van der Waals surface area contributed by atoms with Gasteiger partial charge in [-0.25, -0.2) is 0 Å². The van der Waals surface area contributed by atoms with Crippen LogP contribution in [-0.2, 0) is 4.84 Å². The van der Waals surface area contributed by atoms with E-state index in [1.807, 2.05) is 6.92 Å². The van der Waals surface area contributed by atoms with Crippen LogP contribution in [0.4, 0.5) is 5.69 Å². The number of nitro benzene ring substituents is 1. The SMILES string of the molecule is Cc1cc([N+](=O)[O-])c(C)cc1C1=NOC(CCl)C1. The zero-order chi connectivity index (χ0) is 13.3. The molecule has 0 saturated carbocycles. The summed E-state index contributed by atoms with van der Waals surface area (Å²) in [6.45, 7) is 3.55. The van der Waals surface area contributed by atoms with E-state index in [0.29, 0.717) is 17.9 Å². The van der Waals surface area contributed by atoms with Crippen LogP contribution in [0.2, 0.25) is 0 Å². The van der Waals surface area contributed by atoms with Crippen molar-refractivity contribution in [3.63, 3.8) is 0 Å². The minimum absolute atomic E-state index is 0.100. The van der Waals surface area contributed by atoms with Crippen molar-refractivity contribution in [1.29, 1.82) is 0 Å². The summed E-state index contributed by atoms with van der Waals surface area (Å²) in [4.78, 5) is 15.6. The molecule has 0 saturated heterocycles. The molecule has 0 amide bonds. The molecule has 1 unspecified atom stereocenters. The molecule has 2 rings (SSSR count). The minimum atomic E-state index is -0.374. The number of hydrogen-bond acceptors (Lipinski definition) is 4. The third kappa shape index (κ3) is 2.31. The number of halogens is 1. The molecule has 1 aliphatic heterocycles. The molecule has 1 heterocycles. The van der Waals surface area contributed by atoms with E-state index in [9.17, 15) is 10.1 Å². The molecular formula is C12H13ClN2O3. The van der Waals surface area contributed by atoms with Crippen LogP contribution in [0, 0.1) is 24.0 Å². The third-order valence-corrected chi connectivity index (χ3v) is 3.30. The van der Waals surface area contributed by atoms with E-state index in [1.54, 1.807) is 19.1 Å².